The van der Waals surface area contributed by atoms with Crippen LogP contribution in [-0.2, 0) is 33.3 Å². The summed E-state index contributed by atoms with van der Waals surface area (Å²) in [7, 11) is 5.96. The van der Waals surface area contributed by atoms with Gasteiger partial charge in [0, 0.05) is 12.8 Å². The van der Waals surface area contributed by atoms with Crippen LogP contribution >= 0.6 is 0 Å². The number of carboxylic acid groups (broad SMARTS) is 1. The Labute approximate surface area is 313 Å². The van der Waals surface area contributed by atoms with E-state index in [4.69, 9.17) is 18.9 Å². The number of ether oxygens (including phenoxy) is 4. The molecule has 0 aliphatic rings. The lowest BCUT2D eigenvalue weighted by Crippen LogP contribution is -2.40. The Morgan fingerprint density at radius 2 is 0.882 bits per heavy atom. The first-order valence-electron chi connectivity index (χ1n) is 21.2. The van der Waals surface area contributed by atoms with Gasteiger partial charge in [0.2, 0.25) is 0 Å². The number of carbonyl (C=O) groups is 3. The zero-order valence-corrected chi connectivity index (χ0v) is 34.0. The molecule has 302 valence electrons. The molecule has 0 bridgehead atoms. The highest BCUT2D eigenvalue weighted by Gasteiger charge is 2.25. The minimum atomic E-state index is -1.50. The lowest BCUT2D eigenvalue weighted by Gasteiger charge is -2.25. The van der Waals surface area contributed by atoms with Crippen LogP contribution in [0.3, 0.4) is 0 Å². The van der Waals surface area contributed by atoms with Gasteiger partial charge in [-0.05, 0) is 12.8 Å². The molecule has 0 amide bonds. The first-order chi connectivity index (χ1) is 24.6. The van der Waals surface area contributed by atoms with Gasteiger partial charge in [-0.1, -0.05) is 168 Å². The lowest BCUT2D eigenvalue weighted by atomic mass is 10.0. The highest BCUT2D eigenvalue weighted by molar-refractivity contribution is 5.71. The number of rotatable bonds is 39. The van der Waals surface area contributed by atoms with E-state index in [0.717, 1.165) is 38.5 Å². The van der Waals surface area contributed by atoms with Gasteiger partial charge in [0.05, 0.1) is 34.4 Å². The Morgan fingerprint density at radius 3 is 1.25 bits per heavy atom. The number of aliphatic carboxylic acids is 1. The molecule has 9 heteroatoms. The first-order valence-corrected chi connectivity index (χ1v) is 21.2. The summed E-state index contributed by atoms with van der Waals surface area (Å²) in [4.78, 5) is 36.9. The molecule has 0 radical (unpaired) electrons. The van der Waals surface area contributed by atoms with E-state index in [1.54, 1.807) is 0 Å². The number of hydrogen-bond acceptors (Lipinski definition) is 7. The van der Waals surface area contributed by atoms with Crippen LogP contribution < -0.4 is 0 Å². The lowest BCUT2D eigenvalue weighted by molar-refractivity contribution is -0.870. The molecule has 0 aliphatic carbocycles. The number of nitrogens with zero attached hydrogens (tertiary/aromatic N) is 1. The second-order valence-corrected chi connectivity index (χ2v) is 15.7. The van der Waals surface area contributed by atoms with E-state index in [1.165, 1.54) is 128 Å². The molecule has 0 saturated carbocycles. The van der Waals surface area contributed by atoms with Crippen molar-refractivity contribution in [2.75, 3.05) is 47.5 Å². The molecule has 0 rings (SSSR count). The van der Waals surface area contributed by atoms with Crippen LogP contribution in [-0.4, -0.2) is 87.4 Å². The third-order valence-electron chi connectivity index (χ3n) is 9.36. The molecular weight excluding hydrogens is 646 g/mol. The van der Waals surface area contributed by atoms with E-state index in [-0.39, 0.29) is 32.2 Å². The van der Waals surface area contributed by atoms with Crippen LogP contribution in [0.2, 0.25) is 0 Å². The van der Waals surface area contributed by atoms with Gasteiger partial charge < -0.3 is 28.5 Å². The largest absolute Gasteiger partial charge is 0.477 e. The predicted octanol–water partition coefficient (Wildman–Crippen LogP) is 10.6. The molecule has 0 aromatic heterocycles. The number of carboxylic acids is 1. The van der Waals surface area contributed by atoms with Crippen molar-refractivity contribution in [3.05, 3.63) is 0 Å². The third-order valence-corrected chi connectivity index (χ3v) is 9.36. The smallest absolute Gasteiger partial charge is 0.361 e. The molecule has 0 spiro atoms. The SMILES string of the molecule is CCCCCCCCCCCCCCCCCC(=O)OC(COC(=O)CCCCCCCCCCCCC)COC(OCC[N+](C)(C)C)C(=O)O. The molecule has 0 aromatic carbocycles. The molecule has 0 aliphatic heterocycles. The van der Waals surface area contributed by atoms with Gasteiger partial charge in [-0.3, -0.25) is 9.59 Å². The number of carbonyl (C=O) groups excluding carboxylic acids is 2. The zero-order valence-electron chi connectivity index (χ0n) is 34.0. The van der Waals surface area contributed by atoms with Gasteiger partial charge in [0.1, 0.15) is 13.2 Å². The van der Waals surface area contributed by atoms with Crippen LogP contribution in [0.25, 0.3) is 0 Å². The Bertz CT molecular complexity index is 815. The Balaban J connectivity index is 4.44. The summed E-state index contributed by atoms with van der Waals surface area (Å²) in [6, 6.07) is 0. The van der Waals surface area contributed by atoms with E-state index in [1.807, 2.05) is 21.1 Å². The van der Waals surface area contributed by atoms with Crippen molar-refractivity contribution in [1.82, 2.24) is 0 Å². The van der Waals surface area contributed by atoms with Crippen LogP contribution in [0, 0.1) is 0 Å². The fourth-order valence-electron chi connectivity index (χ4n) is 6.01. The number of unbranched alkanes of at least 4 members (excludes halogenated alkanes) is 24. The van der Waals surface area contributed by atoms with Crippen LogP contribution in [0.5, 0.6) is 0 Å². The summed E-state index contributed by atoms with van der Waals surface area (Å²) in [6.45, 7) is 4.88. The number of quaternary nitrogens is 1. The normalized spacial score (nSPS) is 12.9. The standard InChI is InChI=1S/C42H81NO8/c1-6-8-10-12-14-16-18-19-20-21-23-25-27-29-31-33-40(45)51-38(37-50-42(41(46)47)48-35-34-43(3,4)5)36-49-39(44)32-30-28-26-24-22-17-15-13-11-9-7-2/h38,42H,6-37H2,1-5H3/p+1. The summed E-state index contributed by atoms with van der Waals surface area (Å²) >= 11 is 0. The van der Waals surface area contributed by atoms with Crippen LogP contribution in [0.1, 0.15) is 194 Å². The highest BCUT2D eigenvalue weighted by atomic mass is 16.7. The van der Waals surface area contributed by atoms with Crippen molar-refractivity contribution in [1.29, 1.82) is 0 Å². The first kappa shape index (κ1) is 49.3. The summed E-state index contributed by atoms with van der Waals surface area (Å²) in [5, 5.41) is 9.60. The predicted molar refractivity (Wildman–Crippen MR) is 208 cm³/mol. The maximum Gasteiger partial charge on any atom is 0.361 e. The quantitative estimate of drug-likeness (QED) is 0.0288. The van der Waals surface area contributed by atoms with E-state index >= 15 is 0 Å². The molecule has 51 heavy (non-hydrogen) atoms. The summed E-state index contributed by atoms with van der Waals surface area (Å²) in [5.74, 6) is -1.99. The number of esters is 2. The molecule has 9 nitrogen and oxygen atoms in total. The maximum atomic E-state index is 12.7. The van der Waals surface area contributed by atoms with Gasteiger partial charge >= 0.3 is 17.9 Å². The molecule has 0 aromatic rings. The van der Waals surface area contributed by atoms with E-state index in [0.29, 0.717) is 17.4 Å². The van der Waals surface area contributed by atoms with E-state index in [2.05, 4.69) is 13.8 Å². The van der Waals surface area contributed by atoms with Crippen LogP contribution in [0.4, 0.5) is 0 Å². The van der Waals surface area contributed by atoms with Gasteiger partial charge in [-0.25, -0.2) is 4.79 Å². The molecule has 0 saturated heterocycles. The number of hydrogen-bond donors (Lipinski definition) is 1. The average molecular weight is 729 g/mol. The topological polar surface area (TPSA) is 108 Å². The second kappa shape index (κ2) is 35.3. The fourth-order valence-corrected chi connectivity index (χ4v) is 6.01. The second-order valence-electron chi connectivity index (χ2n) is 15.7. The van der Waals surface area contributed by atoms with E-state index in [9.17, 15) is 19.5 Å². The zero-order chi connectivity index (χ0) is 37.8. The molecule has 2 unspecified atom stereocenters. The summed E-state index contributed by atoms with van der Waals surface area (Å²) in [6.07, 6.45) is 30.1. The fraction of sp³-hybridized carbons (Fsp3) is 0.929. The van der Waals surface area contributed by atoms with Gasteiger partial charge in [-0.15, -0.1) is 0 Å². The van der Waals surface area contributed by atoms with Crippen molar-refractivity contribution in [3.8, 4) is 0 Å². The monoisotopic (exact) mass is 729 g/mol. The molecule has 0 heterocycles. The minimum absolute atomic E-state index is 0.174. The molecule has 0 fully saturated rings. The number of likely N-dealkylation sites (N-methyl/N-ethyl adjacent to an activating group) is 1. The highest BCUT2D eigenvalue weighted by Crippen LogP contribution is 2.15. The van der Waals surface area contributed by atoms with Gasteiger partial charge in [0.15, 0.2) is 6.10 Å². The third kappa shape index (κ3) is 36.4. The van der Waals surface area contributed by atoms with Crippen molar-refractivity contribution < 1.29 is 42.9 Å². The van der Waals surface area contributed by atoms with Crippen LogP contribution in [0.15, 0.2) is 0 Å². The minimum Gasteiger partial charge on any atom is -0.477 e. The van der Waals surface area contributed by atoms with E-state index < -0.39 is 24.3 Å². The maximum absolute atomic E-state index is 12.7. The van der Waals surface area contributed by atoms with Gasteiger partial charge in [-0.2, -0.15) is 0 Å². The average Bonchev–Trinajstić information content (AvgIpc) is 3.08. The van der Waals surface area contributed by atoms with Crippen molar-refractivity contribution in [3.63, 3.8) is 0 Å². The molecule has 1 N–H and O–H groups in total. The van der Waals surface area contributed by atoms with Crippen molar-refractivity contribution >= 4 is 17.9 Å². The Hall–Kier alpha value is -1.71. The Kier molecular flexibility index (Phi) is 34.1. The van der Waals surface area contributed by atoms with Crippen molar-refractivity contribution in [2.45, 2.75) is 206 Å². The van der Waals surface area contributed by atoms with Crippen molar-refractivity contribution in [2.24, 2.45) is 0 Å². The summed E-state index contributed by atoms with van der Waals surface area (Å²) < 4.78 is 22.7. The molecule has 2 atom stereocenters. The van der Waals surface area contributed by atoms with Gasteiger partial charge in [0.25, 0.3) is 6.29 Å². The summed E-state index contributed by atoms with van der Waals surface area (Å²) in [5.41, 5.74) is 0. The molecular formula is C42H82NO8+. The Morgan fingerprint density at radius 1 is 0.510 bits per heavy atom.